The summed E-state index contributed by atoms with van der Waals surface area (Å²) < 4.78 is 56.1. The number of halogens is 2. The molecule has 0 aromatic heterocycles. The lowest BCUT2D eigenvalue weighted by atomic mass is 9.99. The van der Waals surface area contributed by atoms with Crippen LogP contribution >= 0.6 is 35.0 Å². The predicted octanol–water partition coefficient (Wildman–Crippen LogP) is 8.41. The van der Waals surface area contributed by atoms with Crippen molar-refractivity contribution in [2.45, 2.75) is 125 Å². The van der Waals surface area contributed by atoms with Gasteiger partial charge in [0.25, 0.3) is 0 Å². The van der Waals surface area contributed by atoms with Crippen LogP contribution < -0.4 is 9.47 Å². The number of carbonyl (C=O) groups is 1. The molecule has 3 aliphatic rings. The Morgan fingerprint density at radius 3 is 1.77 bits per heavy atom. The fourth-order valence-corrected chi connectivity index (χ4v) is 8.55. The topological polar surface area (TPSA) is 100 Å². The number of hydrogen-bond donors (Lipinski definition) is 0. The fourth-order valence-electron chi connectivity index (χ4n) is 6.75. The van der Waals surface area contributed by atoms with Gasteiger partial charge in [-0.25, -0.2) is 0 Å². The molecule has 6 rings (SSSR count). The molecule has 10 nitrogen and oxygen atoms in total. The third-order valence-electron chi connectivity index (χ3n) is 9.71. The Labute approximate surface area is 325 Å². The first-order valence-corrected chi connectivity index (χ1v) is 19.6. The molecule has 3 fully saturated rings. The van der Waals surface area contributed by atoms with E-state index in [2.05, 4.69) is 0 Å². The monoisotopic (exact) mass is 790 g/mol. The number of Topliss-reactive ketones (excluding diaryl/α,β-unsaturated/α-hetero) is 1. The second-order valence-corrected chi connectivity index (χ2v) is 15.5. The maximum atomic E-state index is 12.2. The summed E-state index contributed by atoms with van der Waals surface area (Å²) in [6, 6.07) is 21.0. The van der Waals surface area contributed by atoms with E-state index in [1.165, 1.54) is 11.8 Å². The van der Waals surface area contributed by atoms with Gasteiger partial charge in [-0.1, -0.05) is 65.3 Å². The quantitative estimate of drug-likeness (QED) is 0.157. The van der Waals surface area contributed by atoms with Crippen LogP contribution in [-0.4, -0.2) is 80.7 Å². The molecule has 53 heavy (non-hydrogen) atoms. The summed E-state index contributed by atoms with van der Waals surface area (Å²) in [5.74, 6) is 1.61. The number of methoxy groups -OCH3 is 2. The summed E-state index contributed by atoms with van der Waals surface area (Å²) in [4.78, 5) is 12.9. The number of carbonyl (C=O) groups excluding carboxylic acids is 1. The van der Waals surface area contributed by atoms with Crippen molar-refractivity contribution in [3.63, 3.8) is 0 Å². The third kappa shape index (κ3) is 10.7. The van der Waals surface area contributed by atoms with E-state index in [0.717, 1.165) is 27.5 Å². The zero-order valence-electron chi connectivity index (χ0n) is 30.6. The van der Waals surface area contributed by atoms with E-state index >= 15 is 0 Å². The average Bonchev–Trinajstić information content (AvgIpc) is 3.15. The lowest BCUT2D eigenvalue weighted by Crippen LogP contribution is -2.55. The van der Waals surface area contributed by atoms with Crippen LogP contribution in [0.3, 0.4) is 0 Å². The van der Waals surface area contributed by atoms with Gasteiger partial charge in [-0.15, -0.1) is 0 Å². The Kier molecular flexibility index (Phi) is 14.4. The standard InChI is InChI=1S/C40H48Cl2O10S/c1-23-32(43)17-18-35(48-23)51-38-24(2)49-36(19-33(38)46-21-26-9-13-28(44-4)14-10-26)52-39-25(3)50-37(53-40-30(41)7-6-8-31(40)42)20-34(39)47-22-27-11-15-29(45-5)16-12-27/h6-16,23-25,33-39H,17-22H2,1-5H3/t23-,24-,25-,33-,34-,35-,36-,37-,38+,39+/m0/s1. The first-order valence-electron chi connectivity index (χ1n) is 18.0. The summed E-state index contributed by atoms with van der Waals surface area (Å²) in [6.45, 7) is 6.38. The minimum absolute atomic E-state index is 0.0711. The molecule has 0 aliphatic carbocycles. The molecule has 3 aromatic rings. The fraction of sp³-hybridized carbons (Fsp3) is 0.525. The van der Waals surface area contributed by atoms with Gasteiger partial charge in [0.05, 0.1) is 61.9 Å². The first-order chi connectivity index (χ1) is 25.6. The van der Waals surface area contributed by atoms with Crippen LogP contribution in [0.25, 0.3) is 0 Å². The highest BCUT2D eigenvalue weighted by molar-refractivity contribution is 8.00. The number of benzene rings is 3. The van der Waals surface area contributed by atoms with E-state index in [4.69, 9.17) is 65.8 Å². The van der Waals surface area contributed by atoms with Crippen LogP contribution in [0.5, 0.6) is 11.5 Å². The maximum Gasteiger partial charge on any atom is 0.161 e. The van der Waals surface area contributed by atoms with Crippen molar-refractivity contribution < 1.29 is 47.4 Å². The molecule has 3 aromatic carbocycles. The highest BCUT2D eigenvalue weighted by Crippen LogP contribution is 2.42. The molecule has 0 spiro atoms. The van der Waals surface area contributed by atoms with E-state index in [-0.39, 0.29) is 23.4 Å². The van der Waals surface area contributed by atoms with Crippen molar-refractivity contribution in [1.29, 1.82) is 0 Å². The molecule has 0 bridgehead atoms. The van der Waals surface area contributed by atoms with E-state index in [9.17, 15) is 4.79 Å². The first kappa shape index (κ1) is 40.2. The van der Waals surface area contributed by atoms with E-state index in [0.29, 0.717) is 48.9 Å². The van der Waals surface area contributed by atoms with Gasteiger partial charge in [0, 0.05) is 30.6 Å². The van der Waals surface area contributed by atoms with E-state index < -0.39 is 43.1 Å². The molecule has 0 N–H and O–H groups in total. The molecular formula is C40H48Cl2O10S. The Balaban J connectivity index is 1.18. The Morgan fingerprint density at radius 2 is 1.23 bits per heavy atom. The number of ether oxygens (including phenoxy) is 9. The molecule has 0 amide bonds. The second kappa shape index (κ2) is 18.9. The van der Waals surface area contributed by atoms with Crippen molar-refractivity contribution in [2.75, 3.05) is 14.2 Å². The smallest absolute Gasteiger partial charge is 0.161 e. The minimum atomic E-state index is -0.649. The Bertz CT molecular complexity index is 1610. The van der Waals surface area contributed by atoms with E-state index in [1.54, 1.807) is 21.1 Å². The van der Waals surface area contributed by atoms with Crippen LogP contribution in [0.2, 0.25) is 10.0 Å². The highest BCUT2D eigenvalue weighted by Gasteiger charge is 2.45. The molecule has 10 atom stereocenters. The van der Waals surface area contributed by atoms with E-state index in [1.807, 2.05) is 80.6 Å². The van der Waals surface area contributed by atoms with Gasteiger partial charge in [-0.05, 0) is 68.3 Å². The molecule has 0 saturated carbocycles. The lowest BCUT2D eigenvalue weighted by molar-refractivity contribution is -0.321. The summed E-state index contributed by atoms with van der Waals surface area (Å²) in [5.41, 5.74) is 1.69. The van der Waals surface area contributed by atoms with Gasteiger partial charge in [0.2, 0.25) is 0 Å². The molecule has 288 valence electrons. The lowest BCUT2D eigenvalue weighted by Gasteiger charge is -2.45. The van der Waals surface area contributed by atoms with Crippen molar-refractivity contribution in [2.24, 2.45) is 0 Å². The molecule has 3 heterocycles. The number of thioether (sulfide) groups is 1. The van der Waals surface area contributed by atoms with Gasteiger partial charge in [-0.3, -0.25) is 4.79 Å². The summed E-state index contributed by atoms with van der Waals surface area (Å²) in [5, 5.41) is 1.13. The summed E-state index contributed by atoms with van der Waals surface area (Å²) >= 11 is 14.6. The number of ketones is 1. The highest BCUT2D eigenvalue weighted by atomic mass is 35.5. The zero-order valence-corrected chi connectivity index (χ0v) is 32.9. The largest absolute Gasteiger partial charge is 0.497 e. The number of rotatable bonds is 14. The molecular weight excluding hydrogens is 743 g/mol. The van der Waals surface area contributed by atoms with Gasteiger partial charge in [-0.2, -0.15) is 0 Å². The molecule has 13 heteroatoms. The predicted molar refractivity (Wildman–Crippen MR) is 202 cm³/mol. The number of hydrogen-bond acceptors (Lipinski definition) is 11. The van der Waals surface area contributed by atoms with Crippen LogP contribution in [0.15, 0.2) is 71.6 Å². The molecule has 3 saturated heterocycles. The van der Waals surface area contributed by atoms with Crippen molar-refractivity contribution >= 4 is 40.7 Å². The van der Waals surface area contributed by atoms with Crippen molar-refractivity contribution in [3.05, 3.63) is 87.9 Å². The van der Waals surface area contributed by atoms with Crippen LogP contribution in [0.4, 0.5) is 0 Å². The molecule has 3 aliphatic heterocycles. The summed E-state index contributed by atoms with van der Waals surface area (Å²) in [7, 11) is 3.28. The third-order valence-corrected chi connectivity index (χ3v) is 11.8. The normalized spacial score (nSPS) is 30.6. The van der Waals surface area contributed by atoms with Crippen LogP contribution in [0.1, 0.15) is 57.6 Å². The molecule has 0 unspecified atom stereocenters. The van der Waals surface area contributed by atoms with Gasteiger partial charge in [0.15, 0.2) is 18.4 Å². The van der Waals surface area contributed by atoms with Gasteiger partial charge >= 0.3 is 0 Å². The summed E-state index contributed by atoms with van der Waals surface area (Å²) in [6.07, 6.45) is -2.47. The minimum Gasteiger partial charge on any atom is -0.497 e. The maximum absolute atomic E-state index is 12.2. The van der Waals surface area contributed by atoms with Crippen molar-refractivity contribution in [3.8, 4) is 11.5 Å². The van der Waals surface area contributed by atoms with Gasteiger partial charge < -0.3 is 42.6 Å². The van der Waals surface area contributed by atoms with Crippen LogP contribution in [0, 0.1) is 0 Å². The average molecular weight is 792 g/mol. The van der Waals surface area contributed by atoms with Crippen molar-refractivity contribution in [1.82, 2.24) is 0 Å². The molecule has 0 radical (unpaired) electrons. The SMILES string of the molecule is COc1ccc(CO[C@H]2C[C@H](O[C@@H]3[C@H](C)O[C@@H](Sc4c(Cl)cccc4Cl)C[C@@H]3OCc3ccc(OC)cc3)O[C@@H](C)[C@H]2O[C@H]2CCC(=O)[C@H](C)O2)cc1. The Hall–Kier alpha value is -2.42. The van der Waals surface area contributed by atoms with Gasteiger partial charge in [0.1, 0.15) is 35.2 Å². The second-order valence-electron chi connectivity index (χ2n) is 13.5. The van der Waals surface area contributed by atoms with Crippen LogP contribution in [-0.2, 0) is 51.2 Å². The zero-order chi connectivity index (χ0) is 37.5. The Morgan fingerprint density at radius 1 is 0.698 bits per heavy atom.